The third kappa shape index (κ3) is 4.79. The van der Waals surface area contributed by atoms with E-state index in [1.54, 1.807) is 16.7 Å². The number of hydrogen-bond acceptors (Lipinski definition) is 4. The lowest BCUT2D eigenvalue weighted by molar-refractivity contribution is -0.120. The van der Waals surface area contributed by atoms with Crippen molar-refractivity contribution >= 4 is 29.4 Å². The highest BCUT2D eigenvalue weighted by Crippen LogP contribution is 2.21. The van der Waals surface area contributed by atoms with Gasteiger partial charge in [-0.25, -0.2) is 4.79 Å². The molecule has 1 heterocycles. The van der Waals surface area contributed by atoms with E-state index in [1.165, 1.54) is 5.56 Å². The Kier molecular flexibility index (Phi) is 6.17. The summed E-state index contributed by atoms with van der Waals surface area (Å²) in [5.74, 6) is 0.819. The van der Waals surface area contributed by atoms with Crippen LogP contribution in [0.2, 0.25) is 0 Å². The van der Waals surface area contributed by atoms with Crippen molar-refractivity contribution in [2.75, 3.05) is 18.1 Å². The van der Waals surface area contributed by atoms with Gasteiger partial charge in [0.1, 0.15) is 6.61 Å². The topological polar surface area (TPSA) is 58.6 Å². The van der Waals surface area contributed by atoms with Gasteiger partial charge in [0.05, 0.1) is 11.8 Å². The molecule has 1 saturated heterocycles. The first-order valence-electron chi connectivity index (χ1n) is 8.60. The van der Waals surface area contributed by atoms with E-state index in [0.29, 0.717) is 19.7 Å². The van der Waals surface area contributed by atoms with Crippen LogP contribution in [0, 0.1) is 0 Å². The smallest absolute Gasteiger partial charge is 0.414 e. The number of ether oxygens (including phenoxy) is 1. The number of nitrogens with one attached hydrogen (secondary N) is 1. The average Bonchev–Trinajstić information content (AvgIpc) is 3.11. The van der Waals surface area contributed by atoms with Crippen molar-refractivity contribution in [2.45, 2.75) is 24.5 Å². The third-order valence-electron chi connectivity index (χ3n) is 4.16. The summed E-state index contributed by atoms with van der Waals surface area (Å²) >= 11 is 1.62. The number of cyclic esters (lactones) is 1. The number of thioether (sulfide) groups is 1. The lowest BCUT2D eigenvalue weighted by Gasteiger charge is -2.15. The highest BCUT2D eigenvalue weighted by Gasteiger charge is 2.23. The largest absolute Gasteiger partial charge is 0.447 e. The first-order valence-corrected chi connectivity index (χ1v) is 9.65. The van der Waals surface area contributed by atoms with Gasteiger partial charge in [-0.05, 0) is 30.2 Å². The van der Waals surface area contributed by atoms with Crippen LogP contribution in [-0.4, -0.2) is 30.4 Å². The van der Waals surface area contributed by atoms with Crippen LogP contribution in [0.15, 0.2) is 54.6 Å². The van der Waals surface area contributed by atoms with Gasteiger partial charge in [0.25, 0.3) is 0 Å². The van der Waals surface area contributed by atoms with Crippen molar-refractivity contribution in [1.29, 1.82) is 0 Å². The minimum atomic E-state index is -0.322. The Bertz CT molecular complexity index is 767. The van der Waals surface area contributed by atoms with Gasteiger partial charge in [0.2, 0.25) is 5.91 Å². The lowest BCUT2D eigenvalue weighted by atomic mass is 10.2. The highest BCUT2D eigenvalue weighted by molar-refractivity contribution is 7.99. The second kappa shape index (κ2) is 8.76. The quantitative estimate of drug-likeness (QED) is 0.809. The van der Waals surface area contributed by atoms with Gasteiger partial charge < -0.3 is 10.1 Å². The lowest BCUT2D eigenvalue weighted by Crippen LogP contribution is -2.30. The van der Waals surface area contributed by atoms with Crippen molar-refractivity contribution in [2.24, 2.45) is 0 Å². The predicted molar refractivity (Wildman–Crippen MR) is 104 cm³/mol. The van der Waals surface area contributed by atoms with E-state index in [1.807, 2.05) is 49.4 Å². The maximum absolute atomic E-state index is 12.3. The molecule has 0 unspecified atom stereocenters. The van der Waals surface area contributed by atoms with E-state index in [-0.39, 0.29) is 17.3 Å². The molecule has 0 spiro atoms. The molecule has 2 amide bonds. The van der Waals surface area contributed by atoms with E-state index in [2.05, 4.69) is 17.4 Å². The number of carbonyl (C=O) groups excluding carboxylic acids is 2. The number of amides is 2. The molecule has 2 aromatic rings. The average molecular weight is 370 g/mol. The van der Waals surface area contributed by atoms with Gasteiger partial charge in [0, 0.05) is 18.0 Å². The van der Waals surface area contributed by atoms with E-state index < -0.39 is 0 Å². The molecule has 0 aliphatic carbocycles. The molecule has 1 atom stereocenters. The van der Waals surface area contributed by atoms with Crippen LogP contribution in [-0.2, 0) is 21.8 Å². The Morgan fingerprint density at radius 2 is 1.96 bits per heavy atom. The minimum absolute atomic E-state index is 0.0110. The molecule has 1 aliphatic rings. The zero-order chi connectivity index (χ0) is 18.4. The van der Waals surface area contributed by atoms with Gasteiger partial charge in [-0.15, -0.1) is 11.8 Å². The molecule has 26 heavy (non-hydrogen) atoms. The van der Waals surface area contributed by atoms with Crippen LogP contribution in [0.3, 0.4) is 0 Å². The number of anilines is 1. The Balaban J connectivity index is 1.50. The molecule has 5 nitrogen and oxygen atoms in total. The van der Waals surface area contributed by atoms with Crippen LogP contribution in [0.4, 0.5) is 10.5 Å². The Labute approximate surface area is 157 Å². The van der Waals surface area contributed by atoms with E-state index >= 15 is 0 Å². The van der Waals surface area contributed by atoms with Crippen molar-refractivity contribution in [3.63, 3.8) is 0 Å². The van der Waals surface area contributed by atoms with Gasteiger partial charge in [0.15, 0.2) is 0 Å². The first kappa shape index (κ1) is 18.3. The fourth-order valence-corrected chi connectivity index (χ4v) is 3.54. The van der Waals surface area contributed by atoms with Crippen molar-refractivity contribution < 1.29 is 14.3 Å². The van der Waals surface area contributed by atoms with Gasteiger partial charge in [-0.2, -0.15) is 0 Å². The molecule has 6 heteroatoms. The van der Waals surface area contributed by atoms with Gasteiger partial charge in [-0.3, -0.25) is 9.69 Å². The van der Waals surface area contributed by atoms with E-state index in [9.17, 15) is 9.59 Å². The maximum Gasteiger partial charge on any atom is 0.414 e. The Morgan fingerprint density at radius 1 is 1.19 bits per heavy atom. The standard InChI is InChI=1S/C20H22N2O3S/c1-15(26-14-16-6-3-2-4-7-16)19(23)21-13-17-8-5-9-18(12-17)22-10-11-25-20(22)24/h2-9,12,15H,10-11,13-14H2,1H3,(H,21,23)/t15-/m1/s1. The first-order chi connectivity index (χ1) is 12.6. The summed E-state index contributed by atoms with van der Waals surface area (Å²) in [6.45, 7) is 3.32. The summed E-state index contributed by atoms with van der Waals surface area (Å²) in [4.78, 5) is 25.6. The summed E-state index contributed by atoms with van der Waals surface area (Å²) < 4.78 is 4.97. The van der Waals surface area contributed by atoms with E-state index in [0.717, 1.165) is 17.0 Å². The second-order valence-electron chi connectivity index (χ2n) is 6.09. The molecular weight excluding hydrogens is 348 g/mol. The summed E-state index contributed by atoms with van der Waals surface area (Å²) in [5.41, 5.74) is 2.96. The summed E-state index contributed by atoms with van der Waals surface area (Å²) in [6.07, 6.45) is -0.322. The number of benzene rings is 2. The Morgan fingerprint density at radius 3 is 2.69 bits per heavy atom. The predicted octanol–water partition coefficient (Wildman–Crippen LogP) is 3.58. The van der Waals surface area contributed by atoms with Gasteiger partial charge in [-0.1, -0.05) is 42.5 Å². The monoisotopic (exact) mass is 370 g/mol. The molecule has 136 valence electrons. The molecule has 1 N–H and O–H groups in total. The molecule has 0 saturated carbocycles. The number of hydrogen-bond donors (Lipinski definition) is 1. The Hall–Kier alpha value is -2.47. The van der Waals surface area contributed by atoms with Crippen LogP contribution in [0.1, 0.15) is 18.1 Å². The minimum Gasteiger partial charge on any atom is -0.447 e. The fourth-order valence-electron chi connectivity index (χ4n) is 2.67. The normalized spacial score (nSPS) is 14.8. The molecule has 0 bridgehead atoms. The molecular formula is C20H22N2O3S. The molecule has 1 fully saturated rings. The SMILES string of the molecule is C[C@@H](SCc1ccccc1)C(=O)NCc1cccc(N2CCOC2=O)c1. The van der Waals surface area contributed by atoms with E-state index in [4.69, 9.17) is 4.74 Å². The molecule has 0 radical (unpaired) electrons. The summed E-state index contributed by atoms with van der Waals surface area (Å²) in [5, 5.41) is 2.84. The summed E-state index contributed by atoms with van der Waals surface area (Å²) in [7, 11) is 0. The van der Waals surface area contributed by atoms with Crippen LogP contribution < -0.4 is 10.2 Å². The van der Waals surface area contributed by atoms with Crippen molar-refractivity contribution in [3.8, 4) is 0 Å². The number of carbonyl (C=O) groups is 2. The molecule has 1 aliphatic heterocycles. The molecule has 3 rings (SSSR count). The van der Waals surface area contributed by atoms with Crippen LogP contribution in [0.5, 0.6) is 0 Å². The third-order valence-corrected chi connectivity index (χ3v) is 5.38. The number of rotatable bonds is 7. The second-order valence-corrected chi connectivity index (χ2v) is 7.42. The summed E-state index contributed by atoms with van der Waals surface area (Å²) in [6, 6.07) is 17.7. The van der Waals surface area contributed by atoms with Gasteiger partial charge >= 0.3 is 6.09 Å². The highest BCUT2D eigenvalue weighted by atomic mass is 32.2. The fraction of sp³-hybridized carbons (Fsp3) is 0.300. The molecule has 2 aromatic carbocycles. The zero-order valence-corrected chi connectivity index (χ0v) is 15.5. The number of nitrogens with zero attached hydrogens (tertiary/aromatic N) is 1. The van der Waals surface area contributed by atoms with Crippen molar-refractivity contribution in [3.05, 3.63) is 65.7 Å². The van der Waals surface area contributed by atoms with Crippen LogP contribution >= 0.6 is 11.8 Å². The van der Waals surface area contributed by atoms with Crippen molar-refractivity contribution in [1.82, 2.24) is 5.32 Å². The van der Waals surface area contributed by atoms with Crippen LogP contribution in [0.25, 0.3) is 0 Å². The molecule has 0 aromatic heterocycles. The zero-order valence-electron chi connectivity index (χ0n) is 14.7. The maximum atomic E-state index is 12.3.